The number of hydrogen-bond donors (Lipinski definition) is 1. The molecule has 0 aliphatic carbocycles. The SMILES string of the molecule is Cc1noc(C)c1S(=O)(=O)NC[C@H](c1ccco1)N1CCCC1. The molecule has 1 aliphatic heterocycles. The molecule has 23 heavy (non-hydrogen) atoms. The van der Waals surface area contributed by atoms with E-state index < -0.39 is 10.0 Å². The van der Waals surface area contributed by atoms with E-state index in [-0.39, 0.29) is 17.5 Å². The molecule has 2 aromatic heterocycles. The van der Waals surface area contributed by atoms with Crippen molar-refractivity contribution in [2.24, 2.45) is 0 Å². The van der Waals surface area contributed by atoms with E-state index in [1.807, 2.05) is 12.1 Å². The molecule has 0 radical (unpaired) electrons. The lowest BCUT2D eigenvalue weighted by Gasteiger charge is -2.25. The Morgan fingerprint density at radius 1 is 1.35 bits per heavy atom. The smallest absolute Gasteiger partial charge is 0.246 e. The number of aromatic nitrogens is 1. The van der Waals surface area contributed by atoms with E-state index >= 15 is 0 Å². The Hall–Kier alpha value is -1.64. The second-order valence-corrected chi connectivity index (χ2v) is 7.48. The predicted molar refractivity (Wildman–Crippen MR) is 83.4 cm³/mol. The summed E-state index contributed by atoms with van der Waals surface area (Å²) < 4.78 is 38.3. The standard InChI is InChI=1S/C15H21N3O4S/c1-11-15(12(2)22-17-11)23(19,20)16-10-13(14-6-5-9-21-14)18-7-3-4-8-18/h5-6,9,13,16H,3-4,7-8,10H2,1-2H3/t13-/m1/s1. The predicted octanol–water partition coefficient (Wildman–Crippen LogP) is 2.00. The van der Waals surface area contributed by atoms with E-state index in [9.17, 15) is 8.42 Å². The number of furan rings is 1. The van der Waals surface area contributed by atoms with Crippen LogP contribution in [0.15, 0.2) is 32.2 Å². The minimum absolute atomic E-state index is 0.109. The lowest BCUT2D eigenvalue weighted by atomic mass is 10.2. The first-order valence-corrected chi connectivity index (χ1v) is 9.17. The number of rotatable bonds is 6. The van der Waals surface area contributed by atoms with Crippen LogP contribution in [0.2, 0.25) is 0 Å². The van der Waals surface area contributed by atoms with Crippen LogP contribution in [0.3, 0.4) is 0 Å². The first-order valence-electron chi connectivity index (χ1n) is 7.69. The highest BCUT2D eigenvalue weighted by Gasteiger charge is 2.29. The number of aryl methyl sites for hydroxylation is 2. The summed E-state index contributed by atoms with van der Waals surface area (Å²) in [5.74, 6) is 1.07. The molecule has 0 saturated carbocycles. The second-order valence-electron chi connectivity index (χ2n) is 5.78. The maximum atomic E-state index is 12.6. The average molecular weight is 339 g/mol. The van der Waals surface area contributed by atoms with E-state index in [0.29, 0.717) is 11.5 Å². The lowest BCUT2D eigenvalue weighted by Crippen LogP contribution is -2.36. The van der Waals surface area contributed by atoms with Crippen LogP contribution < -0.4 is 4.72 Å². The molecule has 1 fully saturated rings. The molecule has 0 aromatic carbocycles. The third-order valence-corrected chi connectivity index (χ3v) is 5.82. The summed E-state index contributed by atoms with van der Waals surface area (Å²) in [6.45, 7) is 5.35. The van der Waals surface area contributed by atoms with Crippen LogP contribution in [-0.4, -0.2) is 38.1 Å². The van der Waals surface area contributed by atoms with Gasteiger partial charge in [-0.2, -0.15) is 0 Å². The summed E-state index contributed by atoms with van der Waals surface area (Å²) in [4.78, 5) is 2.37. The van der Waals surface area contributed by atoms with Crippen molar-refractivity contribution in [3.05, 3.63) is 35.6 Å². The fraction of sp³-hybridized carbons (Fsp3) is 0.533. The van der Waals surface area contributed by atoms with Gasteiger partial charge in [0.2, 0.25) is 10.0 Å². The van der Waals surface area contributed by atoms with Crippen LogP contribution in [0.4, 0.5) is 0 Å². The summed E-state index contributed by atoms with van der Waals surface area (Å²) in [6, 6.07) is 3.59. The van der Waals surface area contributed by atoms with Gasteiger partial charge in [-0.1, -0.05) is 5.16 Å². The van der Waals surface area contributed by atoms with E-state index in [4.69, 9.17) is 8.94 Å². The molecule has 3 rings (SSSR count). The molecule has 0 bridgehead atoms. The van der Waals surface area contributed by atoms with Gasteiger partial charge in [0.15, 0.2) is 5.76 Å². The molecule has 7 nitrogen and oxygen atoms in total. The van der Waals surface area contributed by atoms with Gasteiger partial charge in [-0.15, -0.1) is 0 Å². The largest absolute Gasteiger partial charge is 0.468 e. The first kappa shape index (κ1) is 16.2. The van der Waals surface area contributed by atoms with Crippen LogP contribution in [0.25, 0.3) is 0 Å². The topological polar surface area (TPSA) is 88.6 Å². The van der Waals surface area contributed by atoms with Crippen LogP contribution in [0, 0.1) is 13.8 Å². The fourth-order valence-electron chi connectivity index (χ4n) is 3.06. The Labute approximate surface area is 135 Å². The zero-order valence-electron chi connectivity index (χ0n) is 13.3. The molecule has 1 N–H and O–H groups in total. The Morgan fingerprint density at radius 3 is 2.65 bits per heavy atom. The number of hydrogen-bond acceptors (Lipinski definition) is 6. The quantitative estimate of drug-likeness (QED) is 0.866. The van der Waals surface area contributed by atoms with Gasteiger partial charge in [-0.3, -0.25) is 4.90 Å². The van der Waals surface area contributed by atoms with Crippen molar-refractivity contribution in [3.63, 3.8) is 0 Å². The maximum absolute atomic E-state index is 12.6. The molecule has 3 heterocycles. The Bertz CT molecular complexity index is 726. The molecular formula is C15H21N3O4S. The highest BCUT2D eigenvalue weighted by molar-refractivity contribution is 7.89. The number of nitrogens with one attached hydrogen (secondary N) is 1. The van der Waals surface area contributed by atoms with Crippen molar-refractivity contribution < 1.29 is 17.4 Å². The number of sulfonamides is 1. The van der Waals surface area contributed by atoms with Crippen molar-refractivity contribution in [2.75, 3.05) is 19.6 Å². The highest BCUT2D eigenvalue weighted by Crippen LogP contribution is 2.26. The summed E-state index contributed by atoms with van der Waals surface area (Å²) in [5, 5.41) is 3.71. The summed E-state index contributed by atoms with van der Waals surface area (Å²) in [5.41, 5.74) is 0.366. The van der Waals surface area contributed by atoms with Gasteiger partial charge in [0.1, 0.15) is 16.3 Å². The first-order chi connectivity index (χ1) is 11.0. The zero-order chi connectivity index (χ0) is 16.4. The molecule has 126 valence electrons. The van der Waals surface area contributed by atoms with Gasteiger partial charge in [0, 0.05) is 6.54 Å². The van der Waals surface area contributed by atoms with Crippen LogP contribution in [0.1, 0.15) is 36.1 Å². The van der Waals surface area contributed by atoms with Gasteiger partial charge >= 0.3 is 0 Å². The van der Waals surface area contributed by atoms with Crippen LogP contribution in [-0.2, 0) is 10.0 Å². The van der Waals surface area contributed by atoms with Gasteiger partial charge in [-0.25, -0.2) is 13.1 Å². The van der Waals surface area contributed by atoms with E-state index in [1.165, 1.54) is 0 Å². The molecular weight excluding hydrogens is 318 g/mol. The van der Waals surface area contributed by atoms with Crippen LogP contribution in [0.5, 0.6) is 0 Å². The third kappa shape index (κ3) is 3.34. The number of nitrogens with zero attached hydrogens (tertiary/aromatic N) is 2. The summed E-state index contributed by atoms with van der Waals surface area (Å²) >= 11 is 0. The summed E-state index contributed by atoms with van der Waals surface area (Å²) in [7, 11) is -3.67. The van der Waals surface area contributed by atoms with Gasteiger partial charge in [0.25, 0.3) is 0 Å². The fourth-order valence-corrected chi connectivity index (χ4v) is 4.43. The molecule has 8 heteroatoms. The molecule has 1 aliphatic rings. The second kappa shape index (κ2) is 6.46. The van der Waals surface area contributed by atoms with Crippen molar-refractivity contribution in [3.8, 4) is 0 Å². The summed E-state index contributed by atoms with van der Waals surface area (Å²) in [6.07, 6.45) is 3.85. The number of likely N-dealkylation sites (tertiary alicyclic amines) is 1. The van der Waals surface area contributed by atoms with Crippen molar-refractivity contribution in [1.29, 1.82) is 0 Å². The average Bonchev–Trinajstić information content (AvgIpc) is 3.22. The molecule has 2 aromatic rings. The van der Waals surface area contributed by atoms with Crippen molar-refractivity contribution >= 4 is 10.0 Å². The molecule has 0 amide bonds. The molecule has 1 atom stereocenters. The monoisotopic (exact) mass is 339 g/mol. The molecule has 0 spiro atoms. The highest BCUT2D eigenvalue weighted by atomic mass is 32.2. The van der Waals surface area contributed by atoms with E-state index in [2.05, 4.69) is 14.8 Å². The van der Waals surface area contributed by atoms with Crippen molar-refractivity contribution in [1.82, 2.24) is 14.8 Å². The Kier molecular flexibility index (Phi) is 4.56. The van der Waals surface area contributed by atoms with Gasteiger partial charge in [-0.05, 0) is 51.9 Å². The van der Waals surface area contributed by atoms with Gasteiger partial charge in [0.05, 0.1) is 12.3 Å². The Morgan fingerprint density at radius 2 is 2.09 bits per heavy atom. The van der Waals surface area contributed by atoms with Crippen LogP contribution >= 0.6 is 0 Å². The lowest BCUT2D eigenvalue weighted by molar-refractivity contribution is 0.216. The van der Waals surface area contributed by atoms with Gasteiger partial charge < -0.3 is 8.94 Å². The minimum Gasteiger partial charge on any atom is -0.468 e. The molecule has 0 unspecified atom stereocenters. The zero-order valence-corrected chi connectivity index (χ0v) is 14.1. The van der Waals surface area contributed by atoms with E-state index in [1.54, 1.807) is 20.1 Å². The maximum Gasteiger partial charge on any atom is 0.246 e. The molecule has 1 saturated heterocycles. The Balaban J connectivity index is 1.79. The third-order valence-electron chi connectivity index (χ3n) is 4.16. The van der Waals surface area contributed by atoms with E-state index in [0.717, 1.165) is 31.7 Å². The minimum atomic E-state index is -3.67. The van der Waals surface area contributed by atoms with Crippen molar-refractivity contribution in [2.45, 2.75) is 37.6 Å². The normalized spacial score (nSPS) is 17.7.